The molecule has 2 aromatic heterocycles. The van der Waals surface area contributed by atoms with Crippen LogP contribution in [0.3, 0.4) is 0 Å². The Bertz CT molecular complexity index is 2200. The summed E-state index contributed by atoms with van der Waals surface area (Å²) in [4.78, 5) is 76.3. The van der Waals surface area contributed by atoms with Gasteiger partial charge in [-0.3, -0.25) is 29.2 Å². The quantitative estimate of drug-likeness (QED) is 0.0823. The first-order valence-electron chi connectivity index (χ1n) is 24.1. The SMILES string of the molecule is Nc1nc2ncc(CNc3ccc(C(=O)NC(CCC(=O)ON4CCCN(Cc5ccc(CN6CCCNCCNCCCNCC6)cc5)CCNCCCNCC4)C(=O)O)cc3)nc2c(=O)[nH]1. The van der Waals surface area contributed by atoms with E-state index in [9.17, 15) is 24.3 Å². The lowest BCUT2D eigenvalue weighted by molar-refractivity contribution is -0.191. The normalized spacial score (nSPS) is 18.1. The number of nitrogens with two attached hydrogens (primary N) is 1. The monoisotopic (exact) mass is 942 g/mol. The van der Waals surface area contributed by atoms with Gasteiger partial charge in [0.25, 0.3) is 11.5 Å². The topological polar surface area (TPSA) is 272 Å². The maximum Gasteiger partial charge on any atom is 0.326 e. The van der Waals surface area contributed by atoms with Crippen molar-refractivity contribution >= 4 is 40.6 Å². The van der Waals surface area contributed by atoms with Crippen LogP contribution >= 0.6 is 0 Å². The number of aromatic nitrogens is 4. The summed E-state index contributed by atoms with van der Waals surface area (Å²) in [5.74, 6) is -2.47. The van der Waals surface area contributed by atoms with Crippen LogP contribution < -0.4 is 48.5 Å². The first-order valence-corrected chi connectivity index (χ1v) is 24.1. The third-order valence-electron chi connectivity index (χ3n) is 11.8. The number of hydrogen-bond donors (Lipinski definition) is 10. The number of carboxylic acid groups (broad SMARTS) is 1. The molecule has 0 saturated carbocycles. The maximum absolute atomic E-state index is 13.2. The third kappa shape index (κ3) is 18.4. The van der Waals surface area contributed by atoms with Crippen molar-refractivity contribution in [3.63, 3.8) is 0 Å². The summed E-state index contributed by atoms with van der Waals surface area (Å²) in [6.45, 7) is 16.0. The molecule has 21 nitrogen and oxygen atoms in total. The number of carboxylic acids is 1. The van der Waals surface area contributed by atoms with E-state index in [2.05, 4.69) is 91.2 Å². The van der Waals surface area contributed by atoms with Crippen molar-refractivity contribution in [3.8, 4) is 0 Å². The minimum Gasteiger partial charge on any atom is -0.480 e. The van der Waals surface area contributed by atoms with Gasteiger partial charge in [-0.2, -0.15) is 4.98 Å². The van der Waals surface area contributed by atoms with Crippen molar-refractivity contribution in [3.05, 3.63) is 87.5 Å². The van der Waals surface area contributed by atoms with Gasteiger partial charge in [-0.1, -0.05) is 24.3 Å². The molecule has 68 heavy (non-hydrogen) atoms. The predicted molar refractivity (Wildman–Crippen MR) is 262 cm³/mol. The van der Waals surface area contributed by atoms with E-state index < -0.39 is 29.4 Å². The van der Waals surface area contributed by atoms with Gasteiger partial charge in [0, 0.05) is 89.7 Å². The Morgan fingerprint density at radius 2 is 1.29 bits per heavy atom. The van der Waals surface area contributed by atoms with Gasteiger partial charge in [-0.05, 0) is 113 Å². The van der Waals surface area contributed by atoms with Crippen LogP contribution in [0.4, 0.5) is 11.6 Å². The molecule has 11 N–H and O–H groups in total. The molecule has 2 saturated heterocycles. The molecule has 0 bridgehead atoms. The summed E-state index contributed by atoms with van der Waals surface area (Å²) in [6, 6.07) is 14.1. The number of amides is 1. The highest BCUT2D eigenvalue weighted by Gasteiger charge is 2.24. The van der Waals surface area contributed by atoms with Crippen LogP contribution in [0.15, 0.2) is 59.5 Å². The molecule has 4 heterocycles. The van der Waals surface area contributed by atoms with Gasteiger partial charge in [-0.15, -0.1) is 5.06 Å². The van der Waals surface area contributed by atoms with E-state index in [1.807, 2.05) is 0 Å². The summed E-state index contributed by atoms with van der Waals surface area (Å²) < 4.78 is 0. The lowest BCUT2D eigenvalue weighted by atomic mass is 10.1. The average molecular weight is 942 g/mol. The van der Waals surface area contributed by atoms with Crippen LogP contribution in [0.25, 0.3) is 11.2 Å². The van der Waals surface area contributed by atoms with Crippen molar-refractivity contribution in [2.45, 2.75) is 64.2 Å². The zero-order valence-electron chi connectivity index (χ0n) is 39.2. The number of aliphatic carboxylic acids is 1. The van der Waals surface area contributed by atoms with Crippen LogP contribution in [-0.4, -0.2) is 169 Å². The van der Waals surface area contributed by atoms with E-state index in [1.54, 1.807) is 29.3 Å². The Morgan fingerprint density at radius 3 is 1.93 bits per heavy atom. The highest BCUT2D eigenvalue weighted by atomic mass is 16.7. The van der Waals surface area contributed by atoms with Crippen molar-refractivity contribution in [1.82, 2.24) is 66.7 Å². The summed E-state index contributed by atoms with van der Waals surface area (Å²) in [7, 11) is 0. The molecule has 1 amide bonds. The number of rotatable bonds is 14. The molecule has 21 heteroatoms. The largest absolute Gasteiger partial charge is 0.480 e. The minimum absolute atomic E-state index is 0.0488. The number of benzene rings is 2. The molecule has 370 valence electrons. The Morgan fingerprint density at radius 1 is 0.706 bits per heavy atom. The zero-order valence-corrected chi connectivity index (χ0v) is 39.2. The van der Waals surface area contributed by atoms with Gasteiger partial charge < -0.3 is 52.9 Å². The summed E-state index contributed by atoms with van der Waals surface area (Å²) in [6.07, 6.45) is 5.11. The van der Waals surface area contributed by atoms with E-state index in [0.717, 1.165) is 124 Å². The standard InChI is InChI=1S/C47H71N15O6/c48-47-58-43-42(45(65)59-47)56-39(32-55-43)31-54-38-11-9-37(10-12-38)44(64)57-40(46(66)67)13-14-41(63)68-62-27-4-26-61(29-23-52-17-2-18-53-24-30-62)34-36-7-5-35(6-8-36)33-60-25-3-19-50-21-20-49-15-1-16-51-22-28-60/h5-12,32,40,49-54H,1-4,13-31,33-34H2,(H,57,64)(H,66,67)(H3,48,55,58,59,65). The number of carbonyl (C=O) groups is 3. The van der Waals surface area contributed by atoms with Gasteiger partial charge in [0.1, 0.15) is 6.04 Å². The highest BCUT2D eigenvalue weighted by molar-refractivity contribution is 5.97. The first-order chi connectivity index (χ1) is 33.2. The number of anilines is 2. The molecule has 0 radical (unpaired) electrons. The molecule has 2 aliphatic heterocycles. The number of carbonyl (C=O) groups excluding carboxylic acids is 2. The van der Waals surface area contributed by atoms with Crippen molar-refractivity contribution in [2.24, 2.45) is 0 Å². The molecular weight excluding hydrogens is 871 g/mol. The molecule has 6 rings (SSSR count). The smallest absolute Gasteiger partial charge is 0.326 e. The molecule has 1 unspecified atom stereocenters. The molecule has 2 aliphatic rings. The van der Waals surface area contributed by atoms with Crippen LogP contribution in [-0.2, 0) is 34.1 Å². The Balaban J connectivity index is 0.949. The summed E-state index contributed by atoms with van der Waals surface area (Å²) >= 11 is 0. The fourth-order valence-corrected chi connectivity index (χ4v) is 8.00. The second-order valence-corrected chi connectivity index (χ2v) is 17.2. The molecular formula is C47H71N15O6. The molecule has 2 aromatic carbocycles. The number of fused-ring (bicyclic) bond motifs is 1. The van der Waals surface area contributed by atoms with Crippen molar-refractivity contribution in [2.75, 3.05) is 116 Å². The molecule has 0 spiro atoms. The van der Waals surface area contributed by atoms with Gasteiger partial charge in [-0.25, -0.2) is 14.8 Å². The Kier molecular flexibility index (Phi) is 21.8. The van der Waals surface area contributed by atoms with E-state index in [0.29, 0.717) is 31.0 Å². The number of nitrogen functional groups attached to an aromatic ring is 1. The number of nitrogens with one attached hydrogen (secondary N) is 8. The zero-order chi connectivity index (χ0) is 47.8. The minimum atomic E-state index is -1.31. The van der Waals surface area contributed by atoms with Crippen LogP contribution in [0.2, 0.25) is 0 Å². The predicted octanol–water partition coefficient (Wildman–Crippen LogP) is 0.471. The lowest BCUT2D eigenvalue weighted by Crippen LogP contribution is -2.42. The molecule has 4 aromatic rings. The van der Waals surface area contributed by atoms with E-state index in [-0.39, 0.29) is 42.1 Å². The van der Waals surface area contributed by atoms with Crippen molar-refractivity contribution in [1.29, 1.82) is 0 Å². The number of hydrogen-bond acceptors (Lipinski definition) is 18. The number of aromatic amines is 1. The van der Waals surface area contributed by atoms with Gasteiger partial charge in [0.05, 0.1) is 18.4 Å². The van der Waals surface area contributed by atoms with E-state index >= 15 is 0 Å². The highest BCUT2D eigenvalue weighted by Crippen LogP contribution is 2.14. The average Bonchev–Trinajstić information content (AvgIpc) is 3.33. The summed E-state index contributed by atoms with van der Waals surface area (Å²) in [5.41, 5.74) is 9.22. The van der Waals surface area contributed by atoms with E-state index in [1.165, 1.54) is 17.3 Å². The molecule has 0 aliphatic carbocycles. The van der Waals surface area contributed by atoms with Crippen LogP contribution in [0.1, 0.15) is 65.7 Å². The first kappa shape index (κ1) is 51.7. The van der Waals surface area contributed by atoms with E-state index in [4.69, 9.17) is 10.6 Å². The lowest BCUT2D eigenvalue weighted by Gasteiger charge is -2.26. The fraction of sp³-hybridized carbons (Fsp3) is 0.553. The molecule has 2 fully saturated rings. The number of hydroxylamine groups is 2. The maximum atomic E-state index is 13.2. The van der Waals surface area contributed by atoms with Gasteiger partial charge in [0.15, 0.2) is 11.2 Å². The van der Waals surface area contributed by atoms with Gasteiger partial charge >= 0.3 is 11.9 Å². The fourth-order valence-electron chi connectivity index (χ4n) is 8.00. The number of H-pyrrole nitrogens is 1. The van der Waals surface area contributed by atoms with Gasteiger partial charge in [0.2, 0.25) is 5.95 Å². The second-order valence-electron chi connectivity index (χ2n) is 17.2. The van der Waals surface area contributed by atoms with Crippen LogP contribution in [0.5, 0.6) is 0 Å². The second kappa shape index (κ2) is 28.6. The molecule has 1 atom stereocenters. The number of nitrogens with zero attached hydrogens (tertiary/aromatic N) is 6. The Hall–Kier alpha value is -5.65. The third-order valence-corrected chi connectivity index (χ3v) is 11.8. The van der Waals surface area contributed by atoms with Crippen molar-refractivity contribution < 1.29 is 24.3 Å². The summed E-state index contributed by atoms with van der Waals surface area (Å²) in [5, 5.41) is 35.0. The van der Waals surface area contributed by atoms with Crippen LogP contribution in [0, 0.1) is 0 Å². The Labute approximate surface area is 398 Å².